The zero-order valence-corrected chi connectivity index (χ0v) is 7.98. The third kappa shape index (κ3) is 12.6. The fourth-order valence-corrected chi connectivity index (χ4v) is 0.288. The predicted molar refractivity (Wildman–Crippen MR) is 48.2 cm³/mol. The van der Waals surface area contributed by atoms with Crippen LogP contribution in [-0.4, -0.2) is 23.3 Å². The molecule has 6 nitrogen and oxygen atoms in total. The van der Waals surface area contributed by atoms with Crippen molar-refractivity contribution < 1.29 is 19.4 Å². The Morgan fingerprint density at radius 3 is 2.21 bits per heavy atom. The molecule has 0 aliphatic heterocycles. The number of hydrogen-bond donors (Lipinski definition) is 2. The van der Waals surface area contributed by atoms with Gasteiger partial charge in [-0.1, -0.05) is 6.58 Å². The van der Waals surface area contributed by atoms with Crippen molar-refractivity contribution in [1.82, 2.24) is 0 Å². The van der Waals surface area contributed by atoms with Gasteiger partial charge in [-0.3, -0.25) is 0 Å². The number of rotatable bonds is 2. The lowest BCUT2D eigenvalue weighted by Gasteiger charge is -2.03. The first-order chi connectivity index (χ1) is 6.31. The topological polar surface area (TPSA) is 113 Å². The molecule has 0 rings (SSSR count). The van der Waals surface area contributed by atoms with E-state index in [1.54, 1.807) is 6.07 Å². The Hall–Kier alpha value is -2.03. The molecule has 6 heteroatoms. The maximum absolute atomic E-state index is 10.6. The van der Waals surface area contributed by atoms with Crippen LogP contribution in [0.15, 0.2) is 12.2 Å². The lowest BCUT2D eigenvalue weighted by molar-refractivity contribution is -0.141. The van der Waals surface area contributed by atoms with Gasteiger partial charge >= 0.3 is 12.1 Å². The molecular formula is C8H12N2O4. The highest BCUT2D eigenvalue weighted by Gasteiger charge is 2.07. The van der Waals surface area contributed by atoms with Gasteiger partial charge in [0.2, 0.25) is 0 Å². The lowest BCUT2D eigenvalue weighted by atomic mass is 10.3. The Morgan fingerprint density at radius 2 is 2.00 bits per heavy atom. The summed E-state index contributed by atoms with van der Waals surface area (Å²) in [4.78, 5) is 19.4. The normalized spacial score (nSPS) is 9.79. The van der Waals surface area contributed by atoms with Crippen molar-refractivity contribution in [2.24, 2.45) is 5.73 Å². The number of carboxylic acid groups (broad SMARTS) is 1. The van der Waals surface area contributed by atoms with Gasteiger partial charge < -0.3 is 15.6 Å². The van der Waals surface area contributed by atoms with E-state index in [-0.39, 0.29) is 0 Å². The maximum atomic E-state index is 10.6. The zero-order valence-electron chi connectivity index (χ0n) is 7.98. The van der Waals surface area contributed by atoms with Crippen molar-refractivity contribution in [3.8, 4) is 6.07 Å². The van der Waals surface area contributed by atoms with E-state index < -0.39 is 18.2 Å². The molecule has 14 heavy (non-hydrogen) atoms. The van der Waals surface area contributed by atoms with E-state index in [4.69, 9.17) is 15.2 Å². The predicted octanol–water partition coefficient (Wildman–Crippen LogP) is 0.641. The molecule has 0 radical (unpaired) electrons. The molecule has 0 saturated carbocycles. The van der Waals surface area contributed by atoms with Crippen LogP contribution < -0.4 is 5.73 Å². The second-order valence-corrected chi connectivity index (χ2v) is 2.30. The van der Waals surface area contributed by atoms with Gasteiger partial charge in [-0.2, -0.15) is 5.26 Å². The van der Waals surface area contributed by atoms with E-state index in [0.29, 0.717) is 5.57 Å². The summed E-state index contributed by atoms with van der Waals surface area (Å²) in [5, 5.41) is 15.4. The summed E-state index contributed by atoms with van der Waals surface area (Å²) in [6.07, 6.45) is -2.02. The first kappa shape index (κ1) is 14.5. The second kappa shape index (κ2) is 7.61. The molecule has 0 aromatic rings. The van der Waals surface area contributed by atoms with E-state index in [1.165, 1.54) is 13.8 Å². The Morgan fingerprint density at radius 1 is 1.64 bits per heavy atom. The summed E-state index contributed by atoms with van der Waals surface area (Å²) in [7, 11) is 0. The molecule has 0 aromatic carbocycles. The molecule has 78 valence electrons. The fourth-order valence-electron chi connectivity index (χ4n) is 0.288. The van der Waals surface area contributed by atoms with Gasteiger partial charge in [-0.25, -0.2) is 9.59 Å². The van der Waals surface area contributed by atoms with Crippen molar-refractivity contribution in [2.75, 3.05) is 0 Å². The van der Waals surface area contributed by atoms with E-state index in [1.807, 2.05) is 0 Å². The standard InChI is InChI=1S/C7H9NO2.CH3NO2/c1-5(2)7(9)10-6(3)4-8;2-1(3)4/h6H,1H2,2-3H3;2H2,(H,3,4). The van der Waals surface area contributed by atoms with E-state index in [9.17, 15) is 4.79 Å². The van der Waals surface area contributed by atoms with Crippen LogP contribution in [0.4, 0.5) is 4.79 Å². The molecule has 0 aliphatic rings. The molecule has 0 saturated heterocycles. The highest BCUT2D eigenvalue weighted by atomic mass is 16.5. The number of nitrogens with two attached hydrogens (primary N) is 1. The number of nitrogens with zero attached hydrogens (tertiary/aromatic N) is 1. The van der Waals surface area contributed by atoms with Gasteiger partial charge in [0, 0.05) is 5.57 Å². The van der Waals surface area contributed by atoms with Gasteiger partial charge in [-0.05, 0) is 13.8 Å². The quantitative estimate of drug-likeness (QED) is 0.501. The Balaban J connectivity index is 0. The molecule has 0 aliphatic carbocycles. The average molecular weight is 200 g/mol. The van der Waals surface area contributed by atoms with E-state index in [2.05, 4.69) is 17.0 Å². The van der Waals surface area contributed by atoms with E-state index >= 15 is 0 Å². The van der Waals surface area contributed by atoms with Gasteiger partial charge in [0.25, 0.3) is 0 Å². The smallest absolute Gasteiger partial charge is 0.402 e. The van der Waals surface area contributed by atoms with Crippen LogP contribution in [0.5, 0.6) is 0 Å². The molecule has 1 unspecified atom stereocenters. The number of nitriles is 1. The lowest BCUT2D eigenvalue weighted by Crippen LogP contribution is -2.12. The molecular weight excluding hydrogens is 188 g/mol. The van der Waals surface area contributed by atoms with Crippen molar-refractivity contribution in [3.05, 3.63) is 12.2 Å². The van der Waals surface area contributed by atoms with Crippen LogP contribution in [0.25, 0.3) is 0 Å². The second-order valence-electron chi connectivity index (χ2n) is 2.30. The number of ether oxygens (including phenoxy) is 1. The minimum absolute atomic E-state index is 0.307. The molecule has 0 bridgehead atoms. The fraction of sp³-hybridized carbons (Fsp3) is 0.375. The number of primary amides is 1. The summed E-state index contributed by atoms with van der Waals surface area (Å²) in [6, 6.07) is 1.77. The summed E-state index contributed by atoms with van der Waals surface area (Å²) in [5.74, 6) is -0.519. The minimum Gasteiger partial charge on any atom is -0.465 e. The molecule has 3 N–H and O–H groups in total. The average Bonchev–Trinajstić information content (AvgIpc) is 2.02. The molecule has 0 spiro atoms. The number of carbonyl (C=O) groups excluding carboxylic acids is 1. The summed E-state index contributed by atoms with van der Waals surface area (Å²) < 4.78 is 4.56. The minimum atomic E-state index is -1.33. The number of hydrogen-bond acceptors (Lipinski definition) is 4. The Kier molecular flexibility index (Phi) is 7.88. The monoisotopic (exact) mass is 200 g/mol. The van der Waals surface area contributed by atoms with Crippen LogP contribution in [0.2, 0.25) is 0 Å². The van der Waals surface area contributed by atoms with Crippen LogP contribution >= 0.6 is 0 Å². The molecule has 1 atom stereocenters. The molecule has 0 heterocycles. The molecule has 0 aromatic heterocycles. The van der Waals surface area contributed by atoms with E-state index in [0.717, 1.165) is 0 Å². The Bertz CT molecular complexity index is 263. The summed E-state index contributed by atoms with van der Waals surface area (Å²) in [6.45, 7) is 6.39. The van der Waals surface area contributed by atoms with Gasteiger partial charge in [0.05, 0.1) is 0 Å². The van der Waals surface area contributed by atoms with Gasteiger partial charge in [-0.15, -0.1) is 0 Å². The third-order valence-corrected chi connectivity index (χ3v) is 0.814. The third-order valence-electron chi connectivity index (χ3n) is 0.814. The van der Waals surface area contributed by atoms with Gasteiger partial charge in [0.1, 0.15) is 6.07 Å². The first-order valence-electron chi connectivity index (χ1n) is 3.55. The summed E-state index contributed by atoms with van der Waals surface area (Å²) >= 11 is 0. The first-order valence-corrected chi connectivity index (χ1v) is 3.55. The maximum Gasteiger partial charge on any atom is 0.402 e. The highest BCUT2D eigenvalue weighted by Crippen LogP contribution is 1.95. The van der Waals surface area contributed by atoms with Crippen LogP contribution in [0.1, 0.15) is 13.8 Å². The highest BCUT2D eigenvalue weighted by molar-refractivity contribution is 5.87. The Labute approximate surface area is 81.6 Å². The molecule has 0 fully saturated rings. The van der Waals surface area contributed by atoms with Crippen molar-refractivity contribution in [1.29, 1.82) is 5.26 Å². The SMILES string of the molecule is C=C(C)C(=O)OC(C)C#N.NC(=O)O. The van der Waals surface area contributed by atoms with Gasteiger partial charge in [0.15, 0.2) is 6.10 Å². The van der Waals surface area contributed by atoms with Crippen LogP contribution in [0, 0.1) is 11.3 Å². The molecule has 1 amide bonds. The number of esters is 1. The summed E-state index contributed by atoms with van der Waals surface area (Å²) in [5.41, 5.74) is 4.34. The zero-order chi connectivity index (χ0) is 11.7. The van der Waals surface area contributed by atoms with Crippen LogP contribution in [0.3, 0.4) is 0 Å². The number of amides is 1. The largest absolute Gasteiger partial charge is 0.465 e. The van der Waals surface area contributed by atoms with Crippen molar-refractivity contribution in [2.45, 2.75) is 20.0 Å². The van der Waals surface area contributed by atoms with Crippen molar-refractivity contribution >= 4 is 12.1 Å². The number of carbonyl (C=O) groups is 2. The van der Waals surface area contributed by atoms with Crippen LogP contribution in [-0.2, 0) is 9.53 Å². The van der Waals surface area contributed by atoms with Crippen molar-refractivity contribution in [3.63, 3.8) is 0 Å².